The van der Waals surface area contributed by atoms with Gasteiger partial charge >= 0.3 is 0 Å². The lowest BCUT2D eigenvalue weighted by Crippen LogP contribution is -2.53. The number of amides is 1. The maximum Gasteiger partial charge on any atom is 0.226 e. The Morgan fingerprint density at radius 3 is 2.29 bits per heavy atom. The van der Waals surface area contributed by atoms with Gasteiger partial charge < -0.3 is 10.6 Å². The fourth-order valence-electron chi connectivity index (χ4n) is 2.64. The number of rotatable bonds is 3. The summed E-state index contributed by atoms with van der Waals surface area (Å²) in [6.45, 7) is 10.9. The lowest BCUT2D eigenvalue weighted by molar-refractivity contribution is -0.135. The number of nitrogens with zero attached hydrogens (tertiary/aromatic N) is 2. The molecule has 2 unspecified atom stereocenters. The van der Waals surface area contributed by atoms with Crippen molar-refractivity contribution in [1.82, 2.24) is 9.80 Å². The SMILES string of the molecule is CC(CN)N1CCN(C(=O)C2CC2(C)C)CC1. The summed E-state index contributed by atoms with van der Waals surface area (Å²) in [5.41, 5.74) is 5.92. The van der Waals surface area contributed by atoms with E-state index in [1.807, 2.05) is 4.90 Å². The number of carbonyl (C=O) groups excluding carboxylic acids is 1. The minimum atomic E-state index is 0.249. The van der Waals surface area contributed by atoms with Crippen molar-refractivity contribution in [2.75, 3.05) is 32.7 Å². The van der Waals surface area contributed by atoms with E-state index in [-0.39, 0.29) is 11.3 Å². The molecule has 0 aromatic rings. The van der Waals surface area contributed by atoms with Crippen LogP contribution in [0.1, 0.15) is 27.2 Å². The summed E-state index contributed by atoms with van der Waals surface area (Å²) in [5.74, 6) is 0.649. The molecular formula is C13H25N3O. The predicted octanol–water partition coefficient (Wildman–Crippen LogP) is 0.524. The predicted molar refractivity (Wildman–Crippen MR) is 68.6 cm³/mol. The van der Waals surface area contributed by atoms with Gasteiger partial charge in [0.05, 0.1) is 0 Å². The van der Waals surface area contributed by atoms with Gasteiger partial charge in [-0.05, 0) is 18.8 Å². The van der Waals surface area contributed by atoms with Crippen LogP contribution in [0.15, 0.2) is 0 Å². The van der Waals surface area contributed by atoms with Gasteiger partial charge in [0.25, 0.3) is 0 Å². The van der Waals surface area contributed by atoms with Crippen molar-refractivity contribution in [2.24, 2.45) is 17.1 Å². The van der Waals surface area contributed by atoms with Gasteiger partial charge in [0, 0.05) is 44.7 Å². The summed E-state index contributed by atoms with van der Waals surface area (Å²) < 4.78 is 0. The largest absolute Gasteiger partial charge is 0.340 e. The number of carbonyl (C=O) groups is 1. The monoisotopic (exact) mass is 239 g/mol. The van der Waals surface area contributed by atoms with E-state index in [2.05, 4.69) is 25.7 Å². The van der Waals surface area contributed by atoms with E-state index < -0.39 is 0 Å². The molecule has 2 fully saturated rings. The molecule has 0 radical (unpaired) electrons. The zero-order valence-electron chi connectivity index (χ0n) is 11.3. The Balaban J connectivity index is 1.81. The first-order valence-corrected chi connectivity index (χ1v) is 6.68. The highest BCUT2D eigenvalue weighted by molar-refractivity contribution is 5.82. The van der Waals surface area contributed by atoms with Crippen LogP contribution in [-0.4, -0.2) is 54.5 Å². The second-order valence-electron chi connectivity index (χ2n) is 6.19. The third-order valence-corrected chi connectivity index (χ3v) is 4.40. The lowest BCUT2D eigenvalue weighted by atomic mass is 10.1. The van der Waals surface area contributed by atoms with Crippen molar-refractivity contribution >= 4 is 5.91 Å². The Morgan fingerprint density at radius 1 is 1.35 bits per heavy atom. The van der Waals surface area contributed by atoms with Crippen LogP contribution >= 0.6 is 0 Å². The first kappa shape index (κ1) is 12.8. The van der Waals surface area contributed by atoms with Crippen molar-refractivity contribution in [3.05, 3.63) is 0 Å². The molecule has 0 aromatic carbocycles. The summed E-state index contributed by atoms with van der Waals surface area (Å²) in [7, 11) is 0. The molecule has 17 heavy (non-hydrogen) atoms. The highest BCUT2D eigenvalue weighted by Crippen LogP contribution is 2.52. The van der Waals surface area contributed by atoms with Gasteiger partial charge in [-0.3, -0.25) is 9.69 Å². The molecule has 1 saturated heterocycles. The van der Waals surface area contributed by atoms with E-state index in [4.69, 9.17) is 5.73 Å². The molecule has 0 aromatic heterocycles. The van der Waals surface area contributed by atoms with Crippen molar-refractivity contribution in [2.45, 2.75) is 33.2 Å². The molecule has 1 aliphatic heterocycles. The summed E-state index contributed by atoms with van der Waals surface area (Å²) in [6.07, 6.45) is 1.06. The molecule has 98 valence electrons. The minimum Gasteiger partial charge on any atom is -0.340 e. The van der Waals surface area contributed by atoms with Crippen LogP contribution in [0.2, 0.25) is 0 Å². The van der Waals surface area contributed by atoms with E-state index in [0.29, 0.717) is 18.5 Å². The van der Waals surface area contributed by atoms with Crippen LogP contribution < -0.4 is 5.73 Å². The van der Waals surface area contributed by atoms with Crippen molar-refractivity contribution in [3.63, 3.8) is 0 Å². The van der Waals surface area contributed by atoms with E-state index in [0.717, 1.165) is 32.6 Å². The van der Waals surface area contributed by atoms with E-state index in [1.165, 1.54) is 0 Å². The summed E-state index contributed by atoms with van der Waals surface area (Å²) in [5, 5.41) is 0. The summed E-state index contributed by atoms with van der Waals surface area (Å²) in [4.78, 5) is 16.6. The zero-order chi connectivity index (χ0) is 12.6. The molecule has 2 N–H and O–H groups in total. The first-order chi connectivity index (χ1) is 7.95. The van der Waals surface area contributed by atoms with Crippen molar-refractivity contribution in [1.29, 1.82) is 0 Å². The van der Waals surface area contributed by atoms with Gasteiger partial charge in [-0.25, -0.2) is 0 Å². The third kappa shape index (κ3) is 2.63. The molecule has 1 heterocycles. The number of nitrogens with two attached hydrogens (primary N) is 1. The molecular weight excluding hydrogens is 214 g/mol. The maximum atomic E-state index is 12.2. The van der Waals surface area contributed by atoms with E-state index in [1.54, 1.807) is 0 Å². The Morgan fingerprint density at radius 2 is 1.88 bits per heavy atom. The van der Waals surface area contributed by atoms with Crippen molar-refractivity contribution in [3.8, 4) is 0 Å². The quantitative estimate of drug-likeness (QED) is 0.781. The number of hydrogen-bond donors (Lipinski definition) is 1. The zero-order valence-corrected chi connectivity index (χ0v) is 11.3. The van der Waals surface area contributed by atoms with Crippen LogP contribution in [0.3, 0.4) is 0 Å². The van der Waals surface area contributed by atoms with E-state index >= 15 is 0 Å². The molecule has 4 nitrogen and oxygen atoms in total. The van der Waals surface area contributed by atoms with Crippen LogP contribution in [0.5, 0.6) is 0 Å². The number of hydrogen-bond acceptors (Lipinski definition) is 3. The second kappa shape index (κ2) is 4.58. The average Bonchev–Trinajstić information content (AvgIpc) is 2.97. The first-order valence-electron chi connectivity index (χ1n) is 6.68. The normalized spacial score (nSPS) is 30.1. The minimum absolute atomic E-state index is 0.249. The lowest BCUT2D eigenvalue weighted by Gasteiger charge is -2.38. The van der Waals surface area contributed by atoms with Gasteiger partial charge in [0.2, 0.25) is 5.91 Å². The van der Waals surface area contributed by atoms with Gasteiger partial charge in [-0.2, -0.15) is 0 Å². The standard InChI is InChI=1S/C13H25N3O/c1-10(9-14)15-4-6-16(7-5-15)12(17)11-8-13(11,2)3/h10-11H,4-9,14H2,1-3H3. The molecule has 1 aliphatic carbocycles. The van der Waals surface area contributed by atoms with Gasteiger partial charge in [-0.15, -0.1) is 0 Å². The van der Waals surface area contributed by atoms with Crippen LogP contribution in [0, 0.1) is 11.3 Å². The van der Waals surface area contributed by atoms with Crippen LogP contribution in [-0.2, 0) is 4.79 Å². The van der Waals surface area contributed by atoms with E-state index in [9.17, 15) is 4.79 Å². The highest BCUT2D eigenvalue weighted by Gasteiger charge is 2.52. The number of piperazine rings is 1. The van der Waals surface area contributed by atoms with Crippen molar-refractivity contribution < 1.29 is 4.79 Å². The fourth-order valence-corrected chi connectivity index (χ4v) is 2.64. The Labute approximate surface area is 104 Å². The molecule has 2 aliphatic rings. The topological polar surface area (TPSA) is 49.6 Å². The smallest absolute Gasteiger partial charge is 0.226 e. The Hall–Kier alpha value is -0.610. The van der Waals surface area contributed by atoms with Gasteiger partial charge in [0.1, 0.15) is 0 Å². The molecule has 0 spiro atoms. The fraction of sp³-hybridized carbons (Fsp3) is 0.923. The molecule has 1 saturated carbocycles. The molecule has 2 rings (SSSR count). The maximum absolute atomic E-state index is 12.2. The summed E-state index contributed by atoms with van der Waals surface area (Å²) >= 11 is 0. The average molecular weight is 239 g/mol. The van der Waals surface area contributed by atoms with Crippen LogP contribution in [0.4, 0.5) is 0 Å². The highest BCUT2D eigenvalue weighted by atomic mass is 16.2. The Kier molecular flexibility index (Phi) is 3.46. The molecule has 1 amide bonds. The van der Waals surface area contributed by atoms with Gasteiger partial charge in [-0.1, -0.05) is 13.8 Å². The van der Waals surface area contributed by atoms with Gasteiger partial charge in [0.15, 0.2) is 0 Å². The molecule has 2 atom stereocenters. The van der Waals surface area contributed by atoms with Crippen LogP contribution in [0.25, 0.3) is 0 Å². The Bertz CT molecular complexity index is 295. The third-order valence-electron chi connectivity index (χ3n) is 4.40. The summed E-state index contributed by atoms with van der Waals surface area (Å²) in [6, 6.07) is 0.435. The molecule has 0 bridgehead atoms. The molecule has 4 heteroatoms. The second-order valence-corrected chi connectivity index (χ2v) is 6.19.